The maximum absolute atomic E-state index is 12.6. The Labute approximate surface area is 184 Å². The minimum Gasteiger partial charge on any atom is -0.283 e. The predicted molar refractivity (Wildman–Crippen MR) is 121 cm³/mol. The number of amides is 2. The molecule has 0 radical (unpaired) electrons. The van der Waals surface area contributed by atoms with Crippen LogP contribution >= 0.6 is 24.0 Å². The molecule has 1 heterocycles. The SMILES string of the molecule is Cc1ccc(/C=C2\SC(=S)N(CC(=O)NNS(=O)(=O)c3ccc(C)cc3)C2=O)cc1. The van der Waals surface area contributed by atoms with Crippen molar-refractivity contribution in [2.45, 2.75) is 18.7 Å². The fourth-order valence-corrected chi connectivity index (χ4v) is 4.65. The predicted octanol–water partition coefficient (Wildman–Crippen LogP) is 2.51. The molecule has 156 valence electrons. The first kappa shape index (κ1) is 22.2. The molecule has 7 nitrogen and oxygen atoms in total. The molecule has 2 N–H and O–H groups in total. The van der Waals surface area contributed by atoms with Crippen LogP contribution in [0.1, 0.15) is 16.7 Å². The number of hydrogen-bond donors (Lipinski definition) is 2. The van der Waals surface area contributed by atoms with Crippen LogP contribution < -0.4 is 10.3 Å². The zero-order chi connectivity index (χ0) is 21.9. The molecule has 10 heteroatoms. The number of hydrazine groups is 1. The lowest BCUT2D eigenvalue weighted by Crippen LogP contribution is -2.47. The largest absolute Gasteiger partial charge is 0.283 e. The quantitative estimate of drug-likeness (QED) is 0.390. The Hall–Kier alpha value is -2.53. The van der Waals surface area contributed by atoms with Gasteiger partial charge in [0.05, 0.1) is 9.80 Å². The summed E-state index contributed by atoms with van der Waals surface area (Å²) in [6, 6.07) is 13.8. The normalized spacial score (nSPS) is 15.7. The van der Waals surface area contributed by atoms with Crippen molar-refractivity contribution in [1.29, 1.82) is 0 Å². The van der Waals surface area contributed by atoms with Crippen molar-refractivity contribution >= 4 is 56.2 Å². The summed E-state index contributed by atoms with van der Waals surface area (Å²) in [5.41, 5.74) is 4.97. The molecule has 1 fully saturated rings. The molecule has 0 bridgehead atoms. The van der Waals surface area contributed by atoms with Crippen molar-refractivity contribution in [1.82, 2.24) is 15.2 Å². The van der Waals surface area contributed by atoms with E-state index >= 15 is 0 Å². The average Bonchev–Trinajstić information content (AvgIpc) is 2.96. The van der Waals surface area contributed by atoms with E-state index in [1.54, 1.807) is 18.2 Å². The van der Waals surface area contributed by atoms with Crippen LogP contribution in [0.5, 0.6) is 0 Å². The third-order valence-corrected chi connectivity index (χ3v) is 6.85. The maximum atomic E-state index is 12.6. The number of benzene rings is 2. The standard InChI is InChI=1S/C20H19N3O4S3/c1-13-3-7-15(8-4-13)11-17-19(25)23(20(28)29-17)12-18(24)21-22-30(26,27)16-9-5-14(2)6-10-16/h3-11,22H,12H2,1-2H3,(H,21,24)/b17-11-. The van der Waals surface area contributed by atoms with Crippen LogP contribution in [-0.4, -0.2) is 36.0 Å². The van der Waals surface area contributed by atoms with Crippen molar-refractivity contribution in [3.8, 4) is 0 Å². The van der Waals surface area contributed by atoms with Gasteiger partial charge in [-0.3, -0.25) is 19.9 Å². The Kier molecular flexibility index (Phi) is 6.71. The molecule has 0 atom stereocenters. The van der Waals surface area contributed by atoms with E-state index in [2.05, 4.69) is 5.43 Å². The Bertz CT molecular complexity index is 1120. The molecule has 1 saturated heterocycles. The lowest BCUT2D eigenvalue weighted by molar-refractivity contribution is -0.128. The summed E-state index contributed by atoms with van der Waals surface area (Å²) in [4.78, 5) is 28.4. The van der Waals surface area contributed by atoms with E-state index in [0.29, 0.717) is 4.91 Å². The Morgan fingerprint density at radius 3 is 2.23 bits per heavy atom. The smallest absolute Gasteiger partial charge is 0.266 e. The van der Waals surface area contributed by atoms with Crippen molar-refractivity contribution in [3.63, 3.8) is 0 Å². The van der Waals surface area contributed by atoms with Gasteiger partial charge in [-0.25, -0.2) is 8.42 Å². The van der Waals surface area contributed by atoms with Crippen molar-refractivity contribution < 1.29 is 18.0 Å². The number of carbonyl (C=O) groups is 2. The third kappa shape index (κ3) is 5.33. The Morgan fingerprint density at radius 2 is 1.63 bits per heavy atom. The zero-order valence-electron chi connectivity index (χ0n) is 16.2. The second-order valence-corrected chi connectivity index (χ2v) is 10.0. The summed E-state index contributed by atoms with van der Waals surface area (Å²) in [5, 5.41) is 0. The number of thioether (sulfide) groups is 1. The average molecular weight is 462 g/mol. The summed E-state index contributed by atoms with van der Waals surface area (Å²) < 4.78 is 24.7. The van der Waals surface area contributed by atoms with Gasteiger partial charge in [-0.05, 0) is 37.6 Å². The van der Waals surface area contributed by atoms with E-state index in [4.69, 9.17) is 12.2 Å². The number of hydrogen-bond acceptors (Lipinski definition) is 6. The van der Waals surface area contributed by atoms with Gasteiger partial charge >= 0.3 is 0 Å². The van der Waals surface area contributed by atoms with Gasteiger partial charge < -0.3 is 0 Å². The molecule has 1 aliphatic rings. The molecule has 1 aliphatic heterocycles. The molecule has 3 rings (SSSR count). The number of rotatable bonds is 6. The van der Waals surface area contributed by atoms with E-state index < -0.39 is 28.4 Å². The lowest BCUT2D eigenvalue weighted by Gasteiger charge is -2.14. The van der Waals surface area contributed by atoms with Crippen LogP contribution in [0, 0.1) is 13.8 Å². The molecule has 2 amide bonds. The van der Waals surface area contributed by atoms with Crippen LogP contribution in [0.25, 0.3) is 6.08 Å². The fourth-order valence-electron chi connectivity index (χ4n) is 2.53. The number of aryl methyl sites for hydroxylation is 2. The van der Waals surface area contributed by atoms with Crippen LogP contribution in [0.3, 0.4) is 0 Å². The van der Waals surface area contributed by atoms with Crippen LogP contribution in [0.15, 0.2) is 58.3 Å². The van der Waals surface area contributed by atoms with Gasteiger partial charge in [0.1, 0.15) is 10.9 Å². The summed E-state index contributed by atoms with van der Waals surface area (Å²) >= 11 is 6.30. The highest BCUT2D eigenvalue weighted by molar-refractivity contribution is 8.26. The highest BCUT2D eigenvalue weighted by Crippen LogP contribution is 2.32. The van der Waals surface area contributed by atoms with Crippen LogP contribution in [0.4, 0.5) is 0 Å². The lowest BCUT2D eigenvalue weighted by atomic mass is 10.1. The number of carbonyl (C=O) groups excluding carboxylic acids is 2. The number of nitrogens with zero attached hydrogens (tertiary/aromatic N) is 1. The molecule has 30 heavy (non-hydrogen) atoms. The zero-order valence-corrected chi connectivity index (χ0v) is 18.7. The molecule has 0 unspecified atom stereocenters. The summed E-state index contributed by atoms with van der Waals surface area (Å²) in [5.74, 6) is -1.11. The number of thiocarbonyl (C=S) groups is 1. The first-order chi connectivity index (χ1) is 14.2. The van der Waals surface area contributed by atoms with E-state index in [1.807, 2.05) is 42.9 Å². The summed E-state index contributed by atoms with van der Waals surface area (Å²) in [6.45, 7) is 3.41. The van der Waals surface area contributed by atoms with Crippen LogP contribution in [-0.2, 0) is 19.6 Å². The minimum absolute atomic E-state index is 0.0139. The van der Waals surface area contributed by atoms with Gasteiger partial charge in [0.2, 0.25) is 0 Å². The molecular formula is C20H19N3O4S3. The molecule has 2 aromatic rings. The Balaban J connectivity index is 1.62. The maximum Gasteiger partial charge on any atom is 0.266 e. The van der Waals surface area contributed by atoms with Gasteiger partial charge in [0, 0.05) is 0 Å². The highest BCUT2D eigenvalue weighted by Gasteiger charge is 2.33. The molecular weight excluding hydrogens is 442 g/mol. The van der Waals surface area contributed by atoms with Gasteiger partial charge in [-0.15, -0.1) is 4.83 Å². The highest BCUT2D eigenvalue weighted by atomic mass is 32.2. The Morgan fingerprint density at radius 1 is 1.07 bits per heavy atom. The van der Waals surface area contributed by atoms with Crippen molar-refractivity contribution in [2.75, 3.05) is 6.54 Å². The van der Waals surface area contributed by atoms with Crippen LogP contribution in [0.2, 0.25) is 0 Å². The molecule has 0 saturated carbocycles. The molecule has 0 spiro atoms. The van der Waals surface area contributed by atoms with Gasteiger partial charge in [-0.1, -0.05) is 71.5 Å². The minimum atomic E-state index is -3.92. The second-order valence-electron chi connectivity index (χ2n) is 6.65. The molecule has 0 aromatic heterocycles. The van der Waals surface area contributed by atoms with E-state index in [-0.39, 0.29) is 9.22 Å². The van der Waals surface area contributed by atoms with Gasteiger partial charge in [0.15, 0.2) is 0 Å². The first-order valence-corrected chi connectivity index (χ1v) is 11.6. The molecule has 2 aromatic carbocycles. The van der Waals surface area contributed by atoms with E-state index in [0.717, 1.165) is 33.4 Å². The van der Waals surface area contributed by atoms with Crippen molar-refractivity contribution in [3.05, 3.63) is 70.1 Å². The molecule has 0 aliphatic carbocycles. The van der Waals surface area contributed by atoms with Gasteiger partial charge in [-0.2, -0.15) is 0 Å². The van der Waals surface area contributed by atoms with Gasteiger partial charge in [0.25, 0.3) is 21.8 Å². The summed E-state index contributed by atoms with van der Waals surface area (Å²) in [7, 11) is -3.92. The topological polar surface area (TPSA) is 95.6 Å². The van der Waals surface area contributed by atoms with Crippen molar-refractivity contribution in [2.24, 2.45) is 0 Å². The van der Waals surface area contributed by atoms with E-state index in [9.17, 15) is 18.0 Å². The first-order valence-electron chi connectivity index (χ1n) is 8.85. The number of sulfonamides is 1. The summed E-state index contributed by atoms with van der Waals surface area (Å²) in [6.07, 6.45) is 1.71. The fraction of sp³-hybridized carbons (Fsp3) is 0.150. The number of nitrogens with one attached hydrogen (secondary N) is 2. The van der Waals surface area contributed by atoms with E-state index in [1.165, 1.54) is 12.1 Å². The second kappa shape index (κ2) is 9.09. The monoisotopic (exact) mass is 461 g/mol. The third-order valence-electron chi connectivity index (χ3n) is 4.21.